The lowest BCUT2D eigenvalue weighted by molar-refractivity contribution is 0.0464. The van der Waals surface area contributed by atoms with E-state index in [9.17, 15) is 9.59 Å². The van der Waals surface area contributed by atoms with Crippen molar-refractivity contribution in [1.82, 2.24) is 24.1 Å². The molecule has 0 atom stereocenters. The van der Waals surface area contributed by atoms with Crippen LogP contribution in [0.4, 0.5) is 0 Å². The largest absolute Gasteiger partial charge is 0.457 e. The van der Waals surface area contributed by atoms with Crippen LogP contribution in [0.1, 0.15) is 137 Å². The molecule has 0 spiro atoms. The molecule has 9 nitrogen and oxygen atoms in total. The fraction of sp³-hybridized carbons (Fsp3) is 0.217. The Bertz CT molecular complexity index is 4850. The van der Waals surface area contributed by atoms with E-state index in [1.165, 1.54) is 22.3 Å². The first kappa shape index (κ1) is 60.6. The quantitative estimate of drug-likeness (QED) is 0.112. The number of fused-ring (bicyclic) bond motifs is 6. The second kappa shape index (κ2) is 23.5. The van der Waals surface area contributed by atoms with Gasteiger partial charge in [-0.25, -0.2) is 24.5 Å². The van der Waals surface area contributed by atoms with Crippen LogP contribution in [-0.4, -0.2) is 36.0 Å². The van der Waals surface area contributed by atoms with E-state index < -0.39 is 5.97 Å². The topological polar surface area (TPSA) is 101 Å². The van der Waals surface area contributed by atoms with Gasteiger partial charge in [-0.2, -0.15) is 0 Å². The molecule has 3 heterocycles. The number of hydrogen-bond acceptors (Lipinski definition) is 7. The number of carbonyl (C=O) groups is 2. The highest BCUT2D eigenvalue weighted by molar-refractivity contribution is 6.13. The van der Waals surface area contributed by atoms with Gasteiger partial charge in [0.05, 0.1) is 44.6 Å². The molecule has 458 valence electrons. The highest BCUT2D eigenvalue weighted by atomic mass is 16.5. The third-order valence-electron chi connectivity index (χ3n) is 17.7. The van der Waals surface area contributed by atoms with Crippen LogP contribution in [0, 0.1) is 0 Å². The predicted molar refractivity (Wildman–Crippen MR) is 376 cm³/mol. The van der Waals surface area contributed by atoms with Crippen LogP contribution < -0.4 is 0 Å². The lowest BCUT2D eigenvalue weighted by Crippen LogP contribution is -2.17. The fourth-order valence-electron chi connectivity index (χ4n) is 12.3. The van der Waals surface area contributed by atoms with Gasteiger partial charge in [0.25, 0.3) is 0 Å². The van der Waals surface area contributed by atoms with E-state index in [4.69, 9.17) is 24.4 Å². The Morgan fingerprint density at radius 2 is 0.696 bits per heavy atom. The maximum absolute atomic E-state index is 14.0. The van der Waals surface area contributed by atoms with Gasteiger partial charge in [-0.1, -0.05) is 217 Å². The summed E-state index contributed by atoms with van der Waals surface area (Å²) in [5.41, 5.74) is 16.8. The number of para-hydroxylation sites is 3. The van der Waals surface area contributed by atoms with Gasteiger partial charge >= 0.3 is 11.9 Å². The van der Waals surface area contributed by atoms with Crippen molar-refractivity contribution in [3.05, 3.63) is 269 Å². The second-order valence-corrected chi connectivity index (χ2v) is 28.4. The number of rotatable bonds is 12. The van der Waals surface area contributed by atoms with Gasteiger partial charge < -0.3 is 18.6 Å². The van der Waals surface area contributed by atoms with Gasteiger partial charge in [-0.3, -0.25) is 0 Å². The van der Waals surface area contributed by atoms with E-state index in [2.05, 4.69) is 207 Å². The summed E-state index contributed by atoms with van der Waals surface area (Å²) in [4.78, 5) is 44.7. The Kier molecular flexibility index (Phi) is 15.5. The average Bonchev–Trinajstić information content (AvgIpc) is 1.55. The molecule has 9 heteroatoms. The van der Waals surface area contributed by atoms with Crippen molar-refractivity contribution in [2.75, 3.05) is 0 Å². The Balaban J connectivity index is 1.06. The molecule has 0 aliphatic carbocycles. The summed E-state index contributed by atoms with van der Waals surface area (Å²) in [7, 11) is 0. The average molecular weight is 1210 g/mol. The lowest BCUT2D eigenvalue weighted by Gasteiger charge is -2.26. The highest BCUT2D eigenvalue weighted by Gasteiger charge is 2.28. The summed E-state index contributed by atoms with van der Waals surface area (Å²) in [6.07, 6.45) is 0. The molecule has 0 aliphatic heterocycles. The number of aromatic nitrogens is 5. The molecule has 0 fully saturated rings. The Labute approximate surface area is 539 Å². The van der Waals surface area contributed by atoms with Gasteiger partial charge in [0.2, 0.25) is 0 Å². The minimum Gasteiger partial charge on any atom is -0.457 e. The first-order valence-corrected chi connectivity index (χ1v) is 31.8. The standard InChI is InChI=1S/C83H77N5O4/c1-80(2,3)59-41-57(42-60(48-59)81(4,5)6)75-84-76(58-43-61(82(7,8)9)49-62(44-58)83(10,11)12)86-77(85-75)68-45-54(35-38-74(68)88-71-34-24-21-31-65(71)67-47-56(37-40-73(67)88)79(90)92-51-53-27-17-14-18-28-53)63-29-19-22-32-69(63)87-70-33-23-20-30-64(70)66-46-55(36-39-72(66)87)78(89)91-50-52-25-15-13-16-26-52/h13-49H,50-51H2,1-12H3. The van der Waals surface area contributed by atoms with Crippen molar-refractivity contribution in [1.29, 1.82) is 0 Å². The molecular weight excluding hydrogens is 1130 g/mol. The summed E-state index contributed by atoms with van der Waals surface area (Å²) in [6.45, 7) is 27.4. The van der Waals surface area contributed by atoms with Crippen molar-refractivity contribution >= 4 is 55.6 Å². The summed E-state index contributed by atoms with van der Waals surface area (Å²) >= 11 is 0. The van der Waals surface area contributed by atoms with Crippen LogP contribution in [0.3, 0.4) is 0 Å². The molecule has 13 rings (SSSR count). The summed E-state index contributed by atoms with van der Waals surface area (Å²) in [5.74, 6) is 0.828. The van der Waals surface area contributed by atoms with Gasteiger partial charge in [0.1, 0.15) is 13.2 Å². The molecule has 0 saturated carbocycles. The molecule has 3 aromatic heterocycles. The maximum Gasteiger partial charge on any atom is 0.338 e. The summed E-state index contributed by atoms with van der Waals surface area (Å²) in [6, 6.07) is 76.7. The molecule has 0 radical (unpaired) electrons. The van der Waals surface area contributed by atoms with Gasteiger partial charge in [-0.05, 0) is 152 Å². The number of hydrogen-bond donors (Lipinski definition) is 0. The molecule has 0 bridgehead atoms. The summed E-state index contributed by atoms with van der Waals surface area (Å²) < 4.78 is 16.4. The Morgan fingerprint density at radius 1 is 0.326 bits per heavy atom. The highest BCUT2D eigenvalue weighted by Crippen LogP contribution is 2.43. The van der Waals surface area contributed by atoms with E-state index >= 15 is 0 Å². The minimum atomic E-state index is -0.401. The van der Waals surface area contributed by atoms with Crippen LogP contribution in [0.2, 0.25) is 0 Å². The van der Waals surface area contributed by atoms with Gasteiger partial charge in [0, 0.05) is 43.8 Å². The molecule has 0 unspecified atom stereocenters. The fourth-order valence-corrected chi connectivity index (χ4v) is 12.3. The third-order valence-corrected chi connectivity index (χ3v) is 17.7. The number of nitrogens with zero attached hydrogens (tertiary/aromatic N) is 5. The number of ether oxygens (including phenoxy) is 2. The van der Waals surface area contributed by atoms with Crippen molar-refractivity contribution in [3.63, 3.8) is 0 Å². The van der Waals surface area contributed by atoms with Crippen LogP contribution in [0.15, 0.2) is 224 Å². The molecule has 10 aromatic carbocycles. The number of carbonyl (C=O) groups excluding carboxylic acids is 2. The second-order valence-electron chi connectivity index (χ2n) is 28.4. The zero-order chi connectivity index (χ0) is 64.4. The van der Waals surface area contributed by atoms with Crippen LogP contribution >= 0.6 is 0 Å². The van der Waals surface area contributed by atoms with Gasteiger partial charge in [0.15, 0.2) is 17.5 Å². The van der Waals surface area contributed by atoms with E-state index in [0.717, 1.165) is 93.9 Å². The molecule has 0 amide bonds. The normalized spacial score (nSPS) is 12.3. The zero-order valence-corrected chi connectivity index (χ0v) is 54.6. The van der Waals surface area contributed by atoms with Crippen LogP contribution in [0.5, 0.6) is 0 Å². The number of benzene rings is 10. The van der Waals surface area contributed by atoms with Gasteiger partial charge in [-0.15, -0.1) is 0 Å². The van der Waals surface area contributed by atoms with Crippen molar-refractivity contribution < 1.29 is 19.1 Å². The Morgan fingerprint density at radius 3 is 1.13 bits per heavy atom. The molecule has 0 N–H and O–H groups in total. The number of esters is 2. The van der Waals surface area contributed by atoms with Crippen molar-refractivity contribution in [2.24, 2.45) is 0 Å². The van der Waals surface area contributed by atoms with E-state index in [1.54, 1.807) is 0 Å². The van der Waals surface area contributed by atoms with E-state index in [-0.39, 0.29) is 40.8 Å². The smallest absolute Gasteiger partial charge is 0.338 e. The molecular formula is C83H77N5O4. The lowest BCUT2D eigenvalue weighted by atomic mass is 9.79. The first-order chi connectivity index (χ1) is 43.9. The van der Waals surface area contributed by atoms with Crippen LogP contribution in [0.25, 0.3) is 100 Å². The SMILES string of the molecule is CC(C)(C)c1cc(-c2nc(-c3cc(C(C)(C)C)cc(C(C)(C)C)c3)nc(-c3cc(-c4ccccc4-n4c5ccccc5c5cc(C(=O)OCc6ccccc6)ccc54)ccc3-n3c4ccccc4c4cc(C(=O)OCc5ccccc5)ccc43)n2)cc(C(C)(C)C)c1. The Hall–Kier alpha value is -10.3. The van der Waals surface area contributed by atoms with E-state index in [1.807, 2.05) is 109 Å². The van der Waals surface area contributed by atoms with E-state index in [0.29, 0.717) is 28.6 Å². The molecule has 0 saturated heterocycles. The molecule has 92 heavy (non-hydrogen) atoms. The molecule has 0 aliphatic rings. The van der Waals surface area contributed by atoms with Crippen LogP contribution in [-0.2, 0) is 44.3 Å². The minimum absolute atomic E-state index is 0.161. The third kappa shape index (κ3) is 11.9. The summed E-state index contributed by atoms with van der Waals surface area (Å²) in [5, 5.41) is 3.80. The van der Waals surface area contributed by atoms with Crippen molar-refractivity contribution in [2.45, 2.75) is 118 Å². The van der Waals surface area contributed by atoms with Crippen molar-refractivity contribution in [3.8, 4) is 56.7 Å². The first-order valence-electron chi connectivity index (χ1n) is 31.8. The predicted octanol–water partition coefficient (Wildman–Crippen LogP) is 20.6. The zero-order valence-electron chi connectivity index (χ0n) is 54.6. The maximum atomic E-state index is 14.0. The molecule has 13 aromatic rings. The monoisotopic (exact) mass is 1210 g/mol.